The Bertz CT molecular complexity index is 437. The second kappa shape index (κ2) is 5.56. The summed E-state index contributed by atoms with van der Waals surface area (Å²) in [6.45, 7) is 9.56. The van der Waals surface area contributed by atoms with Crippen molar-refractivity contribution in [1.29, 1.82) is 0 Å². The summed E-state index contributed by atoms with van der Waals surface area (Å²) in [6, 6.07) is 0. The molecule has 2 nitrogen and oxygen atoms in total. The fourth-order valence-corrected chi connectivity index (χ4v) is 2.15. The van der Waals surface area contributed by atoms with Gasteiger partial charge in [-0.2, -0.15) is 0 Å². The second-order valence-corrected chi connectivity index (χ2v) is 4.57. The number of aromatic nitrogens is 1. The van der Waals surface area contributed by atoms with Gasteiger partial charge >= 0.3 is 0 Å². The van der Waals surface area contributed by atoms with Crippen LogP contribution in [0.15, 0.2) is 30.4 Å². The number of allylic oxidation sites excluding steroid dienone is 5. The minimum Gasteiger partial charge on any atom is -0.298 e. The summed E-state index contributed by atoms with van der Waals surface area (Å²) >= 11 is 1.64. The Kier molecular flexibility index (Phi) is 4.38. The first-order valence-electron chi connectivity index (χ1n) is 5.02. The van der Waals surface area contributed by atoms with Crippen molar-refractivity contribution in [2.75, 3.05) is 0 Å². The van der Waals surface area contributed by atoms with Gasteiger partial charge in [-0.3, -0.25) is 4.79 Å². The van der Waals surface area contributed by atoms with Crippen LogP contribution >= 0.6 is 11.3 Å². The van der Waals surface area contributed by atoms with Gasteiger partial charge in [0.2, 0.25) is 0 Å². The molecule has 0 aromatic carbocycles. The lowest BCUT2D eigenvalue weighted by molar-refractivity contribution is -0.104. The first kappa shape index (κ1) is 12.6. The van der Waals surface area contributed by atoms with Gasteiger partial charge in [-0.15, -0.1) is 11.3 Å². The molecule has 0 N–H and O–H groups in total. The van der Waals surface area contributed by atoms with Crippen molar-refractivity contribution in [2.24, 2.45) is 0 Å². The highest BCUT2D eigenvalue weighted by Gasteiger charge is 2.06. The van der Waals surface area contributed by atoms with Crippen LogP contribution in [0.4, 0.5) is 0 Å². The van der Waals surface area contributed by atoms with Gasteiger partial charge in [-0.1, -0.05) is 18.7 Å². The monoisotopic (exact) mass is 233 g/mol. The van der Waals surface area contributed by atoms with Gasteiger partial charge in [0, 0.05) is 16.0 Å². The molecule has 1 rings (SSSR count). The van der Waals surface area contributed by atoms with E-state index in [0.717, 1.165) is 22.6 Å². The maximum absolute atomic E-state index is 10.7. The van der Waals surface area contributed by atoms with E-state index in [1.807, 2.05) is 26.8 Å². The fourth-order valence-electron chi connectivity index (χ4n) is 1.19. The number of carbonyl (C=O) groups is 1. The molecule has 0 saturated carbocycles. The van der Waals surface area contributed by atoms with Crippen molar-refractivity contribution in [2.45, 2.75) is 20.8 Å². The smallest absolute Gasteiger partial charge is 0.150 e. The topological polar surface area (TPSA) is 30.0 Å². The number of thiazole rings is 1. The molecule has 0 aliphatic carbocycles. The summed E-state index contributed by atoms with van der Waals surface area (Å²) in [4.78, 5) is 16.4. The van der Waals surface area contributed by atoms with E-state index in [9.17, 15) is 4.79 Å². The highest BCUT2D eigenvalue weighted by molar-refractivity contribution is 7.12. The average molecular weight is 233 g/mol. The summed E-state index contributed by atoms with van der Waals surface area (Å²) in [5.74, 6) is 0. The van der Waals surface area contributed by atoms with E-state index in [4.69, 9.17) is 0 Å². The van der Waals surface area contributed by atoms with Crippen LogP contribution in [0.1, 0.15) is 22.5 Å². The molecule has 1 aromatic rings. The molecule has 0 atom stereocenters. The number of carbonyl (C=O) groups excluding carboxylic acids is 1. The summed E-state index contributed by atoms with van der Waals surface area (Å²) < 4.78 is 0. The Balaban J connectivity index is 3.14. The Morgan fingerprint density at radius 2 is 2.12 bits per heavy atom. The maximum Gasteiger partial charge on any atom is 0.150 e. The van der Waals surface area contributed by atoms with Gasteiger partial charge in [-0.05, 0) is 26.8 Å². The molecule has 0 saturated heterocycles. The lowest BCUT2D eigenvalue weighted by atomic mass is 10.1. The van der Waals surface area contributed by atoms with Crippen LogP contribution in [-0.2, 0) is 4.79 Å². The van der Waals surface area contributed by atoms with Gasteiger partial charge in [-0.25, -0.2) is 4.98 Å². The molecular weight excluding hydrogens is 218 g/mol. The number of rotatable bonds is 4. The fraction of sp³-hybridized carbons (Fsp3) is 0.231. The molecule has 0 radical (unpaired) electrons. The van der Waals surface area contributed by atoms with E-state index in [-0.39, 0.29) is 0 Å². The highest BCUT2D eigenvalue weighted by Crippen LogP contribution is 2.25. The van der Waals surface area contributed by atoms with Gasteiger partial charge < -0.3 is 0 Å². The molecule has 1 aromatic heterocycles. The number of nitrogens with zero attached hydrogens (tertiary/aromatic N) is 1. The number of hydrogen-bond donors (Lipinski definition) is 0. The highest BCUT2D eigenvalue weighted by atomic mass is 32.1. The Morgan fingerprint density at radius 3 is 2.50 bits per heavy atom. The minimum atomic E-state index is 0.568. The third-order valence-electron chi connectivity index (χ3n) is 2.28. The third kappa shape index (κ3) is 2.76. The van der Waals surface area contributed by atoms with Crippen molar-refractivity contribution in [3.63, 3.8) is 0 Å². The molecule has 0 aliphatic heterocycles. The standard InChI is InChI=1S/C13H15NOS/c1-5-11(8-15)7-12(6-2)13-14-9(3)10(4)16-13/h5-8H,1H2,2-4H3/b11-7+,12-6+. The largest absolute Gasteiger partial charge is 0.298 e. The summed E-state index contributed by atoms with van der Waals surface area (Å²) in [5, 5.41) is 0.943. The zero-order valence-electron chi connectivity index (χ0n) is 9.78. The van der Waals surface area contributed by atoms with E-state index < -0.39 is 0 Å². The molecule has 84 valence electrons. The van der Waals surface area contributed by atoms with E-state index in [1.54, 1.807) is 23.5 Å². The van der Waals surface area contributed by atoms with Crippen molar-refractivity contribution in [3.8, 4) is 0 Å². The SMILES string of the molecule is C=C/C(C=O)=C\C(=C/C)c1nc(C)c(C)s1. The van der Waals surface area contributed by atoms with E-state index in [2.05, 4.69) is 11.6 Å². The van der Waals surface area contributed by atoms with E-state index in [1.165, 1.54) is 4.88 Å². The molecule has 0 aliphatic rings. The van der Waals surface area contributed by atoms with Crippen LogP contribution in [0.2, 0.25) is 0 Å². The van der Waals surface area contributed by atoms with Crippen molar-refractivity contribution >= 4 is 23.2 Å². The van der Waals surface area contributed by atoms with Gasteiger partial charge in [0.1, 0.15) is 11.3 Å². The van der Waals surface area contributed by atoms with Gasteiger partial charge in [0.05, 0.1) is 5.69 Å². The lowest BCUT2D eigenvalue weighted by Crippen LogP contribution is -1.84. The zero-order chi connectivity index (χ0) is 12.1. The Morgan fingerprint density at radius 1 is 1.44 bits per heavy atom. The molecule has 0 bridgehead atoms. The predicted molar refractivity (Wildman–Crippen MR) is 69.6 cm³/mol. The summed E-state index contributed by atoms with van der Waals surface area (Å²) in [6.07, 6.45) is 6.09. The van der Waals surface area contributed by atoms with Gasteiger partial charge in [0.25, 0.3) is 0 Å². The van der Waals surface area contributed by atoms with Crippen LogP contribution in [0, 0.1) is 13.8 Å². The summed E-state index contributed by atoms with van der Waals surface area (Å²) in [7, 11) is 0. The number of aryl methyl sites for hydroxylation is 2. The molecule has 0 amide bonds. The summed E-state index contributed by atoms with van der Waals surface area (Å²) in [5.41, 5.74) is 2.57. The maximum atomic E-state index is 10.7. The molecule has 0 unspecified atom stereocenters. The Labute approximate surface area is 100 Å². The first-order chi connectivity index (χ1) is 7.62. The predicted octanol–water partition coefficient (Wildman–Crippen LogP) is 3.47. The number of hydrogen-bond acceptors (Lipinski definition) is 3. The van der Waals surface area contributed by atoms with E-state index >= 15 is 0 Å². The normalized spacial score (nSPS) is 12.7. The lowest BCUT2D eigenvalue weighted by Gasteiger charge is -1.96. The van der Waals surface area contributed by atoms with Crippen molar-refractivity contribution in [1.82, 2.24) is 4.98 Å². The molecule has 0 fully saturated rings. The zero-order valence-corrected chi connectivity index (χ0v) is 10.6. The third-order valence-corrected chi connectivity index (χ3v) is 3.40. The quantitative estimate of drug-likeness (QED) is 0.453. The molecule has 0 spiro atoms. The molecule has 3 heteroatoms. The van der Waals surface area contributed by atoms with Gasteiger partial charge in [0.15, 0.2) is 0 Å². The molecular formula is C13H15NOS. The van der Waals surface area contributed by atoms with Crippen LogP contribution in [0.25, 0.3) is 5.57 Å². The van der Waals surface area contributed by atoms with Crippen LogP contribution in [0.5, 0.6) is 0 Å². The van der Waals surface area contributed by atoms with Crippen molar-refractivity contribution in [3.05, 3.63) is 46.0 Å². The average Bonchev–Trinajstić information content (AvgIpc) is 2.61. The number of aldehydes is 1. The van der Waals surface area contributed by atoms with Crippen molar-refractivity contribution < 1.29 is 4.79 Å². The van der Waals surface area contributed by atoms with Crippen LogP contribution < -0.4 is 0 Å². The molecule has 1 heterocycles. The Hall–Kier alpha value is -1.48. The second-order valence-electron chi connectivity index (χ2n) is 3.37. The van der Waals surface area contributed by atoms with Crippen LogP contribution in [-0.4, -0.2) is 11.3 Å². The van der Waals surface area contributed by atoms with Crippen LogP contribution in [0.3, 0.4) is 0 Å². The van der Waals surface area contributed by atoms with E-state index in [0.29, 0.717) is 5.57 Å². The minimum absolute atomic E-state index is 0.568. The molecule has 16 heavy (non-hydrogen) atoms. The first-order valence-corrected chi connectivity index (χ1v) is 5.84.